The van der Waals surface area contributed by atoms with E-state index in [1.54, 1.807) is 0 Å². The van der Waals surface area contributed by atoms with E-state index in [2.05, 4.69) is 34.4 Å². The maximum Gasteiger partial charge on any atom is 0.0565 e. The van der Waals surface area contributed by atoms with Gasteiger partial charge in [0.2, 0.25) is 0 Å². The van der Waals surface area contributed by atoms with E-state index in [1.165, 1.54) is 12.8 Å². The first-order valence-electron chi connectivity index (χ1n) is 4.15. The molecule has 1 aromatic rings. The molecule has 0 amide bonds. The molecule has 0 aliphatic heterocycles. The number of hydrogen-bond donors (Lipinski definition) is 1. The van der Waals surface area contributed by atoms with E-state index in [0.717, 1.165) is 6.54 Å². The minimum Gasteiger partial charge on any atom is -0.347 e. The summed E-state index contributed by atoms with van der Waals surface area (Å²) in [7, 11) is 2.02. The third-order valence-corrected chi connectivity index (χ3v) is 2.49. The van der Waals surface area contributed by atoms with E-state index in [-0.39, 0.29) is 0 Å². The highest BCUT2D eigenvalue weighted by molar-refractivity contribution is 5.07. The normalized spacial score (nSPS) is 20.1. The minimum atomic E-state index is 0.429. The van der Waals surface area contributed by atoms with Crippen molar-refractivity contribution in [3.63, 3.8) is 0 Å². The van der Waals surface area contributed by atoms with Gasteiger partial charge in [-0.15, -0.1) is 0 Å². The van der Waals surface area contributed by atoms with Crippen molar-refractivity contribution in [1.82, 2.24) is 9.88 Å². The smallest absolute Gasteiger partial charge is 0.0565 e. The fraction of sp³-hybridized carbons (Fsp3) is 0.556. The SMILES string of the molecule is CNCC1(n2cccc2)CC1. The standard InChI is InChI=1S/C9H14N2/c1-10-8-9(4-5-9)11-6-2-3-7-11/h2-3,6-7,10H,4-5,8H2,1H3. The molecule has 1 heterocycles. The van der Waals surface area contributed by atoms with Crippen LogP contribution in [0.1, 0.15) is 12.8 Å². The summed E-state index contributed by atoms with van der Waals surface area (Å²) in [6, 6.07) is 4.19. The Morgan fingerprint density at radius 3 is 2.45 bits per heavy atom. The summed E-state index contributed by atoms with van der Waals surface area (Å²) in [5, 5.41) is 3.24. The van der Waals surface area contributed by atoms with E-state index in [9.17, 15) is 0 Å². The summed E-state index contributed by atoms with van der Waals surface area (Å²) >= 11 is 0. The first kappa shape index (κ1) is 6.92. The topological polar surface area (TPSA) is 17.0 Å². The molecule has 2 rings (SSSR count). The molecule has 11 heavy (non-hydrogen) atoms. The fourth-order valence-electron chi connectivity index (χ4n) is 1.65. The summed E-state index contributed by atoms with van der Waals surface area (Å²) in [4.78, 5) is 0. The molecule has 0 unspecified atom stereocenters. The van der Waals surface area contributed by atoms with Crippen LogP contribution in [0.3, 0.4) is 0 Å². The van der Waals surface area contributed by atoms with Crippen LogP contribution in [0.5, 0.6) is 0 Å². The lowest BCUT2D eigenvalue weighted by Crippen LogP contribution is -2.28. The third-order valence-electron chi connectivity index (χ3n) is 2.49. The summed E-state index contributed by atoms with van der Waals surface area (Å²) in [6.07, 6.45) is 6.96. The average Bonchev–Trinajstić information content (AvgIpc) is 2.63. The van der Waals surface area contributed by atoms with Crippen LogP contribution >= 0.6 is 0 Å². The molecule has 1 aliphatic carbocycles. The van der Waals surface area contributed by atoms with Crippen molar-refractivity contribution in [3.05, 3.63) is 24.5 Å². The van der Waals surface area contributed by atoms with Gasteiger partial charge in [-0.1, -0.05) is 0 Å². The quantitative estimate of drug-likeness (QED) is 0.685. The van der Waals surface area contributed by atoms with Crippen molar-refractivity contribution >= 4 is 0 Å². The van der Waals surface area contributed by atoms with Crippen LogP contribution in [0.4, 0.5) is 0 Å². The monoisotopic (exact) mass is 150 g/mol. The average molecular weight is 150 g/mol. The molecule has 0 spiro atoms. The number of hydrogen-bond acceptors (Lipinski definition) is 1. The second-order valence-electron chi connectivity index (χ2n) is 3.34. The van der Waals surface area contributed by atoms with Crippen LogP contribution in [0.25, 0.3) is 0 Å². The highest BCUT2D eigenvalue weighted by Crippen LogP contribution is 2.42. The Labute approximate surface area is 67.2 Å². The molecular weight excluding hydrogens is 136 g/mol. The molecule has 0 atom stereocenters. The molecule has 2 nitrogen and oxygen atoms in total. The van der Waals surface area contributed by atoms with Crippen molar-refractivity contribution in [1.29, 1.82) is 0 Å². The molecular formula is C9H14N2. The molecule has 1 N–H and O–H groups in total. The number of nitrogens with one attached hydrogen (secondary N) is 1. The van der Waals surface area contributed by atoms with Crippen molar-refractivity contribution in [2.24, 2.45) is 0 Å². The van der Waals surface area contributed by atoms with Gasteiger partial charge in [-0.05, 0) is 32.0 Å². The van der Waals surface area contributed by atoms with Gasteiger partial charge in [-0.2, -0.15) is 0 Å². The Morgan fingerprint density at radius 2 is 2.00 bits per heavy atom. The number of likely N-dealkylation sites (N-methyl/N-ethyl adjacent to an activating group) is 1. The van der Waals surface area contributed by atoms with Crippen LogP contribution < -0.4 is 5.32 Å². The second-order valence-corrected chi connectivity index (χ2v) is 3.34. The Morgan fingerprint density at radius 1 is 1.36 bits per heavy atom. The van der Waals surface area contributed by atoms with E-state index in [4.69, 9.17) is 0 Å². The Kier molecular flexibility index (Phi) is 1.50. The predicted molar refractivity (Wildman–Crippen MR) is 45.6 cm³/mol. The maximum absolute atomic E-state index is 3.24. The van der Waals surface area contributed by atoms with Gasteiger partial charge in [0.05, 0.1) is 5.54 Å². The lowest BCUT2D eigenvalue weighted by molar-refractivity contribution is 0.460. The Bertz CT molecular complexity index is 222. The summed E-state index contributed by atoms with van der Waals surface area (Å²) in [5.41, 5.74) is 0.429. The van der Waals surface area contributed by atoms with Gasteiger partial charge in [-0.25, -0.2) is 0 Å². The highest BCUT2D eigenvalue weighted by Gasteiger charge is 2.42. The number of nitrogens with zero attached hydrogens (tertiary/aromatic N) is 1. The fourth-order valence-corrected chi connectivity index (χ4v) is 1.65. The van der Waals surface area contributed by atoms with Gasteiger partial charge in [0.25, 0.3) is 0 Å². The Balaban J connectivity index is 2.15. The molecule has 1 aromatic heterocycles. The zero-order chi connectivity index (χ0) is 7.73. The van der Waals surface area contributed by atoms with Crippen LogP contribution in [0.15, 0.2) is 24.5 Å². The van der Waals surface area contributed by atoms with E-state index in [0.29, 0.717) is 5.54 Å². The van der Waals surface area contributed by atoms with E-state index in [1.807, 2.05) is 7.05 Å². The molecule has 2 heteroatoms. The summed E-state index contributed by atoms with van der Waals surface area (Å²) in [5.74, 6) is 0. The molecule has 0 radical (unpaired) electrons. The highest BCUT2D eigenvalue weighted by atomic mass is 15.1. The number of aromatic nitrogens is 1. The molecule has 0 saturated heterocycles. The minimum absolute atomic E-state index is 0.429. The van der Waals surface area contributed by atoms with Gasteiger partial charge < -0.3 is 9.88 Å². The van der Waals surface area contributed by atoms with Crippen molar-refractivity contribution in [2.45, 2.75) is 18.4 Å². The maximum atomic E-state index is 3.24. The largest absolute Gasteiger partial charge is 0.347 e. The van der Waals surface area contributed by atoms with E-state index >= 15 is 0 Å². The first-order valence-corrected chi connectivity index (χ1v) is 4.15. The predicted octanol–water partition coefficient (Wildman–Crippen LogP) is 1.20. The van der Waals surface area contributed by atoms with Crippen LogP contribution in [0.2, 0.25) is 0 Å². The Hall–Kier alpha value is -0.760. The van der Waals surface area contributed by atoms with Crippen LogP contribution in [0, 0.1) is 0 Å². The van der Waals surface area contributed by atoms with Gasteiger partial charge in [0.1, 0.15) is 0 Å². The zero-order valence-corrected chi connectivity index (χ0v) is 6.88. The molecule has 1 saturated carbocycles. The van der Waals surface area contributed by atoms with Gasteiger partial charge in [0, 0.05) is 18.9 Å². The molecule has 60 valence electrons. The zero-order valence-electron chi connectivity index (χ0n) is 6.88. The van der Waals surface area contributed by atoms with Crippen molar-refractivity contribution in [2.75, 3.05) is 13.6 Å². The van der Waals surface area contributed by atoms with Crippen molar-refractivity contribution in [3.8, 4) is 0 Å². The van der Waals surface area contributed by atoms with Crippen LogP contribution in [-0.2, 0) is 5.54 Å². The second kappa shape index (κ2) is 2.38. The summed E-state index contributed by atoms with van der Waals surface area (Å²) in [6.45, 7) is 1.10. The van der Waals surface area contributed by atoms with Gasteiger partial charge >= 0.3 is 0 Å². The van der Waals surface area contributed by atoms with Crippen LogP contribution in [-0.4, -0.2) is 18.2 Å². The third kappa shape index (κ3) is 1.07. The van der Waals surface area contributed by atoms with Gasteiger partial charge in [-0.3, -0.25) is 0 Å². The molecule has 0 aromatic carbocycles. The van der Waals surface area contributed by atoms with E-state index < -0.39 is 0 Å². The van der Waals surface area contributed by atoms with Crippen molar-refractivity contribution < 1.29 is 0 Å². The number of rotatable bonds is 3. The first-order chi connectivity index (χ1) is 5.37. The lowest BCUT2D eigenvalue weighted by Gasteiger charge is -2.16. The van der Waals surface area contributed by atoms with Gasteiger partial charge in [0.15, 0.2) is 0 Å². The molecule has 1 aliphatic rings. The lowest BCUT2D eigenvalue weighted by atomic mass is 10.2. The molecule has 0 bridgehead atoms. The summed E-state index contributed by atoms with van der Waals surface area (Å²) < 4.78 is 2.32. The molecule has 1 fully saturated rings.